The van der Waals surface area contributed by atoms with E-state index in [2.05, 4.69) is 31.2 Å². The van der Waals surface area contributed by atoms with Crippen LogP contribution in [0.1, 0.15) is 17.0 Å². The largest absolute Gasteiger partial charge is 0.506 e. The van der Waals surface area contributed by atoms with E-state index in [1.54, 1.807) is 29.3 Å². The number of aromatic nitrogens is 1. The average Bonchev–Trinajstić information content (AvgIpc) is 3.40. The van der Waals surface area contributed by atoms with Crippen LogP contribution in [0.3, 0.4) is 0 Å². The van der Waals surface area contributed by atoms with Gasteiger partial charge in [-0.3, -0.25) is 9.78 Å². The molecule has 5 N–H and O–H groups in total. The van der Waals surface area contributed by atoms with Crippen molar-refractivity contribution < 1.29 is 31.4 Å². The zero-order valence-electron chi connectivity index (χ0n) is 26.2. The number of phenols is 1. The van der Waals surface area contributed by atoms with Gasteiger partial charge in [-0.15, -0.1) is 11.6 Å². The minimum Gasteiger partial charge on any atom is -0.506 e. The van der Waals surface area contributed by atoms with Crippen molar-refractivity contribution in [1.29, 1.82) is 0 Å². The fourth-order valence-electron chi connectivity index (χ4n) is 5.12. The summed E-state index contributed by atoms with van der Waals surface area (Å²) in [4.78, 5) is 21.0. The molecule has 2 aliphatic heterocycles. The third kappa shape index (κ3) is 11.2. The summed E-state index contributed by atoms with van der Waals surface area (Å²) in [5, 5.41) is 24.7. The van der Waals surface area contributed by atoms with Crippen LogP contribution in [-0.2, 0) is 21.6 Å². The number of carbonyl (C=O) groups excluding carboxylic acids is 1. The first-order valence-corrected chi connectivity index (χ1v) is 15.9. The number of fused-ring (bicyclic) bond motifs is 3. The quantitative estimate of drug-likeness (QED) is 0.190. The number of alkyl halides is 1. The Morgan fingerprint density at radius 1 is 1.02 bits per heavy atom. The fourth-order valence-corrected chi connectivity index (χ4v) is 5.38. The molecule has 1 saturated heterocycles. The molecule has 1 radical (unpaired) electrons. The number of aromatic hydroxyl groups is 1. The summed E-state index contributed by atoms with van der Waals surface area (Å²) in [6, 6.07) is 13.0. The van der Waals surface area contributed by atoms with Gasteiger partial charge in [0.05, 0.1) is 5.69 Å². The molecule has 1 amide bonds. The van der Waals surface area contributed by atoms with Gasteiger partial charge in [0.25, 0.3) is 5.91 Å². The molecule has 0 saturated carbocycles. The standard InChI is InChI=1S/C25H26ClN3O3.C8H20N4.Co/c1-28(2)12-13-32-19-8-5-17(6-9-19)7-10-23(31)29-16-18(15-26)24-20-4-3-11-27-25(20)22(30)14-21(24)29;1-2-10-5-6-12-8-7-11-4-3-9-1;/h3-11,14,18,30H,12-13,15-16H2,1-2H3;9-12H,1-8H2;/b10-7+;;. The molecule has 10 nitrogen and oxygen atoms in total. The third-order valence-corrected chi connectivity index (χ3v) is 7.84. The number of pyridine rings is 1. The number of amides is 1. The van der Waals surface area contributed by atoms with Gasteiger partial charge >= 0.3 is 0 Å². The molecule has 3 aromatic rings. The van der Waals surface area contributed by atoms with E-state index in [-0.39, 0.29) is 34.4 Å². The molecular formula is C33H46ClCoN7O3. The Morgan fingerprint density at radius 3 is 2.18 bits per heavy atom. The SMILES string of the molecule is C1CNCCNCCNCCN1.CN(C)CCOc1ccc(/C=C/C(=O)N2CC(CCl)c3c2cc(O)c2ncccc32)cc1.[Co]. The number of likely N-dealkylation sites (N-methyl/N-ethyl adjacent to an activating group) is 1. The van der Waals surface area contributed by atoms with E-state index >= 15 is 0 Å². The molecule has 0 spiro atoms. The Labute approximate surface area is 282 Å². The van der Waals surface area contributed by atoms with Crippen molar-refractivity contribution in [2.24, 2.45) is 0 Å². The topological polar surface area (TPSA) is 114 Å². The first kappa shape index (κ1) is 36.7. The third-order valence-electron chi connectivity index (χ3n) is 7.46. The molecule has 0 aliphatic carbocycles. The first-order valence-electron chi connectivity index (χ1n) is 15.3. The molecule has 45 heavy (non-hydrogen) atoms. The summed E-state index contributed by atoms with van der Waals surface area (Å²) in [6.45, 7) is 10.5. The van der Waals surface area contributed by atoms with E-state index in [0.717, 1.165) is 81.2 Å². The Kier molecular flexibility index (Phi) is 16.1. The molecular weight excluding hydrogens is 637 g/mol. The molecule has 1 unspecified atom stereocenters. The Morgan fingerprint density at radius 2 is 1.62 bits per heavy atom. The molecule has 2 aromatic carbocycles. The smallest absolute Gasteiger partial charge is 0.251 e. The number of nitrogens with zero attached hydrogens (tertiary/aromatic N) is 3. The van der Waals surface area contributed by atoms with Gasteiger partial charge in [-0.1, -0.05) is 18.2 Å². The number of phenolic OH excluding ortho intramolecular Hbond substituents is 1. The van der Waals surface area contributed by atoms with Gasteiger partial charge in [0.1, 0.15) is 23.6 Å². The van der Waals surface area contributed by atoms with Crippen molar-refractivity contribution in [2.45, 2.75) is 5.92 Å². The predicted octanol–water partition coefficient (Wildman–Crippen LogP) is 2.62. The van der Waals surface area contributed by atoms with E-state index in [1.807, 2.05) is 50.5 Å². The second-order valence-electron chi connectivity index (χ2n) is 11.1. The maximum absolute atomic E-state index is 13.0. The minimum atomic E-state index is -0.159. The van der Waals surface area contributed by atoms with E-state index in [9.17, 15) is 9.90 Å². The van der Waals surface area contributed by atoms with E-state index in [4.69, 9.17) is 16.3 Å². The molecule has 247 valence electrons. The van der Waals surface area contributed by atoms with Crippen molar-refractivity contribution in [2.75, 3.05) is 96.9 Å². The molecule has 0 bridgehead atoms. The number of hydrogen-bond donors (Lipinski definition) is 5. The number of rotatable bonds is 7. The van der Waals surface area contributed by atoms with Gasteiger partial charge in [0.15, 0.2) is 0 Å². The van der Waals surface area contributed by atoms with Crippen molar-refractivity contribution in [3.8, 4) is 11.5 Å². The molecule has 2 aliphatic rings. The van der Waals surface area contributed by atoms with Gasteiger partial charge in [-0.2, -0.15) is 0 Å². The average molecular weight is 683 g/mol. The van der Waals surface area contributed by atoms with Gasteiger partial charge in [-0.05, 0) is 49.5 Å². The summed E-state index contributed by atoms with van der Waals surface area (Å²) < 4.78 is 5.71. The molecule has 3 heterocycles. The number of benzene rings is 2. The normalized spacial score (nSPS) is 17.5. The van der Waals surface area contributed by atoms with Crippen molar-refractivity contribution in [3.05, 3.63) is 65.9 Å². The second kappa shape index (κ2) is 19.7. The predicted molar refractivity (Wildman–Crippen MR) is 180 cm³/mol. The summed E-state index contributed by atoms with van der Waals surface area (Å²) in [5.41, 5.74) is 3.08. The van der Waals surface area contributed by atoms with E-state index < -0.39 is 0 Å². The van der Waals surface area contributed by atoms with Crippen LogP contribution in [0.5, 0.6) is 11.5 Å². The second-order valence-corrected chi connectivity index (χ2v) is 11.4. The minimum absolute atomic E-state index is 0. The zero-order valence-corrected chi connectivity index (χ0v) is 27.9. The molecule has 12 heteroatoms. The van der Waals surface area contributed by atoms with Crippen molar-refractivity contribution in [3.63, 3.8) is 0 Å². The van der Waals surface area contributed by atoms with Crippen LogP contribution in [0.15, 0.2) is 54.7 Å². The van der Waals surface area contributed by atoms with Gasteiger partial charge in [0.2, 0.25) is 0 Å². The zero-order chi connectivity index (χ0) is 31.1. The van der Waals surface area contributed by atoms with Crippen LogP contribution < -0.4 is 30.9 Å². The number of nitrogens with one attached hydrogen (secondary N) is 4. The first-order chi connectivity index (χ1) is 21.5. The van der Waals surface area contributed by atoms with Gasteiger partial charge in [0, 0.05) is 118 Å². The number of ether oxygens (including phenoxy) is 1. The molecule has 1 fully saturated rings. The Hall–Kier alpha value is -2.74. The Bertz CT molecular complexity index is 1320. The summed E-state index contributed by atoms with van der Waals surface area (Å²) in [6.07, 6.45) is 4.97. The summed E-state index contributed by atoms with van der Waals surface area (Å²) >= 11 is 6.23. The van der Waals surface area contributed by atoms with Crippen LogP contribution >= 0.6 is 11.6 Å². The fraction of sp³-hybridized carbons (Fsp3) is 0.455. The number of carbonyl (C=O) groups is 1. The monoisotopic (exact) mass is 682 g/mol. The summed E-state index contributed by atoms with van der Waals surface area (Å²) in [5.74, 6) is 1.05. The summed E-state index contributed by atoms with van der Waals surface area (Å²) in [7, 11) is 4.01. The van der Waals surface area contributed by atoms with E-state index in [0.29, 0.717) is 30.2 Å². The maximum atomic E-state index is 13.0. The van der Waals surface area contributed by atoms with Gasteiger partial charge < -0.3 is 40.9 Å². The van der Waals surface area contributed by atoms with Crippen LogP contribution in [-0.4, -0.2) is 113 Å². The molecule has 1 atom stereocenters. The Balaban J connectivity index is 0.000000359. The van der Waals surface area contributed by atoms with Crippen LogP contribution in [0.25, 0.3) is 17.0 Å². The van der Waals surface area contributed by atoms with E-state index in [1.165, 1.54) is 0 Å². The van der Waals surface area contributed by atoms with Crippen LogP contribution in [0.4, 0.5) is 5.69 Å². The van der Waals surface area contributed by atoms with Crippen LogP contribution in [0.2, 0.25) is 0 Å². The molecule has 1 aromatic heterocycles. The number of hydrogen-bond acceptors (Lipinski definition) is 9. The van der Waals surface area contributed by atoms with Crippen molar-refractivity contribution >= 4 is 40.2 Å². The number of anilines is 1. The van der Waals surface area contributed by atoms with Gasteiger partial charge in [-0.25, -0.2) is 0 Å². The molecule has 5 rings (SSSR count). The van der Waals surface area contributed by atoms with Crippen LogP contribution in [0, 0.1) is 0 Å². The maximum Gasteiger partial charge on any atom is 0.251 e. The number of halogens is 1. The van der Waals surface area contributed by atoms with Crippen molar-refractivity contribution in [1.82, 2.24) is 31.2 Å².